The SMILES string of the molecule is C.C.C.COCCN1C[C@H](C(c2ccccc2)c2ccccc2)n2cc(C(=O)N(C)C)c(=O)c(O)c2C1=O.COCCN1C[C@H](C(c2ccccc2)c2ccccc2)n2cc(C(=O)N(C)C)c(=O)c(OCc3ccccc3)c2C1=O.COCCN1C[C@H](C(c2ccccc2)c2ccccc2)n2cc(C(=O)O)c(=O)c(OCc3ccccc3)c2C1=O. The van der Waals surface area contributed by atoms with Gasteiger partial charge in [-0.15, -0.1) is 0 Å². The van der Waals surface area contributed by atoms with Crippen molar-refractivity contribution in [2.45, 2.75) is 71.4 Å². The van der Waals surface area contributed by atoms with Gasteiger partial charge in [0.2, 0.25) is 16.3 Å². The van der Waals surface area contributed by atoms with Gasteiger partial charge in [-0.05, 0) is 44.5 Å². The Morgan fingerprint density at radius 2 is 0.608 bits per heavy atom. The van der Waals surface area contributed by atoms with Crippen molar-refractivity contribution in [2.75, 3.05) is 109 Å². The second-order valence-corrected chi connectivity index (χ2v) is 29.0. The molecule has 0 aliphatic carbocycles. The lowest BCUT2D eigenvalue weighted by Gasteiger charge is -2.41. The molecule has 24 heteroatoms. The molecule has 0 fully saturated rings. The van der Waals surface area contributed by atoms with E-state index in [4.69, 9.17) is 23.7 Å². The maximum Gasteiger partial charge on any atom is 0.341 e. The fourth-order valence-electron chi connectivity index (χ4n) is 15.4. The smallest absolute Gasteiger partial charge is 0.341 e. The third-order valence-corrected chi connectivity index (χ3v) is 21.1. The van der Waals surface area contributed by atoms with Gasteiger partial charge in [0.05, 0.1) is 37.9 Å². The van der Waals surface area contributed by atoms with Gasteiger partial charge in [-0.3, -0.25) is 38.4 Å². The molecule has 0 saturated heterocycles. The summed E-state index contributed by atoms with van der Waals surface area (Å²) < 4.78 is 33.1. The van der Waals surface area contributed by atoms with E-state index in [0.29, 0.717) is 52.5 Å². The van der Waals surface area contributed by atoms with Crippen LogP contribution in [0.5, 0.6) is 17.2 Å². The lowest BCUT2D eigenvalue weighted by Crippen LogP contribution is -2.48. The summed E-state index contributed by atoms with van der Waals surface area (Å²) in [6, 6.07) is 77.1. The summed E-state index contributed by atoms with van der Waals surface area (Å²) in [6.07, 6.45) is 4.27. The van der Waals surface area contributed by atoms with E-state index in [2.05, 4.69) is 24.3 Å². The molecule has 11 aromatic rings. The predicted octanol–water partition coefficient (Wildman–Crippen LogP) is 13.8. The number of nitrogens with zero attached hydrogens (tertiary/aromatic N) is 8. The van der Waals surface area contributed by atoms with Crippen molar-refractivity contribution in [3.05, 3.63) is 370 Å². The lowest BCUT2D eigenvalue weighted by atomic mass is 9.83. The Kier molecular flexibility index (Phi) is 31.9. The monoisotopic (exact) mass is 1630 g/mol. The average Bonchev–Trinajstić information content (AvgIpc) is 0.747. The number of methoxy groups -OCH3 is 3. The highest BCUT2D eigenvalue weighted by atomic mass is 16.5. The first-order valence-electron chi connectivity index (χ1n) is 38.5. The minimum absolute atomic E-state index is 0. The minimum Gasteiger partial charge on any atom is -0.503 e. The van der Waals surface area contributed by atoms with Gasteiger partial charge in [0.1, 0.15) is 29.9 Å². The number of carbonyl (C=O) groups is 6. The first kappa shape index (κ1) is 90.6. The van der Waals surface area contributed by atoms with Gasteiger partial charge in [-0.1, -0.05) is 265 Å². The maximum absolute atomic E-state index is 14.1. The van der Waals surface area contributed by atoms with E-state index in [1.54, 1.807) is 70.0 Å². The lowest BCUT2D eigenvalue weighted by molar-refractivity contribution is 0.0571. The first-order valence-corrected chi connectivity index (χ1v) is 38.5. The van der Waals surface area contributed by atoms with Crippen LogP contribution in [0.2, 0.25) is 0 Å². The highest BCUT2D eigenvalue weighted by Gasteiger charge is 2.44. The van der Waals surface area contributed by atoms with E-state index in [9.17, 15) is 53.4 Å². The Bertz CT molecular complexity index is 5350. The number of benzene rings is 8. The van der Waals surface area contributed by atoms with Crippen LogP contribution >= 0.6 is 0 Å². The molecule has 3 aromatic heterocycles. The number of rotatable bonds is 27. The highest BCUT2D eigenvalue weighted by Crippen LogP contribution is 2.44. The van der Waals surface area contributed by atoms with E-state index in [-0.39, 0.29) is 111 Å². The molecule has 3 atom stereocenters. The Morgan fingerprint density at radius 3 is 0.875 bits per heavy atom. The predicted molar refractivity (Wildman–Crippen MR) is 463 cm³/mol. The van der Waals surface area contributed by atoms with Gasteiger partial charge >= 0.3 is 5.97 Å². The van der Waals surface area contributed by atoms with E-state index in [0.717, 1.165) is 44.5 Å². The van der Waals surface area contributed by atoms with Crippen molar-refractivity contribution in [1.29, 1.82) is 0 Å². The molecule has 3 aliphatic rings. The number of pyridine rings is 3. The van der Waals surface area contributed by atoms with Gasteiger partial charge in [-0.2, -0.15) is 0 Å². The Balaban J connectivity index is 0.000000203. The maximum atomic E-state index is 14.1. The third-order valence-electron chi connectivity index (χ3n) is 21.1. The second-order valence-electron chi connectivity index (χ2n) is 29.0. The molecule has 0 spiro atoms. The van der Waals surface area contributed by atoms with Crippen molar-refractivity contribution in [1.82, 2.24) is 38.2 Å². The third kappa shape index (κ3) is 20.1. The molecule has 626 valence electrons. The normalized spacial score (nSPS) is 14.4. The highest BCUT2D eigenvalue weighted by molar-refractivity contribution is 6.01. The largest absolute Gasteiger partial charge is 0.503 e. The zero-order valence-corrected chi connectivity index (χ0v) is 66.3. The summed E-state index contributed by atoms with van der Waals surface area (Å²) in [7, 11) is 11.0. The van der Waals surface area contributed by atoms with Crippen LogP contribution in [0.15, 0.2) is 276 Å². The topological polar surface area (TPSA) is 271 Å². The Morgan fingerprint density at radius 1 is 0.367 bits per heavy atom. The van der Waals surface area contributed by atoms with Crippen LogP contribution in [-0.2, 0) is 27.4 Å². The van der Waals surface area contributed by atoms with Crippen LogP contribution < -0.4 is 25.8 Å². The molecule has 0 saturated carbocycles. The van der Waals surface area contributed by atoms with Crippen LogP contribution in [0.25, 0.3) is 0 Å². The minimum atomic E-state index is -1.38. The molecular formula is C96H106N8O16. The van der Waals surface area contributed by atoms with Gasteiger partial charge < -0.3 is 72.1 Å². The van der Waals surface area contributed by atoms with Gasteiger partial charge in [-0.25, -0.2) is 4.79 Å². The average molecular weight is 1630 g/mol. The zero-order chi connectivity index (χ0) is 82.8. The van der Waals surface area contributed by atoms with Crippen molar-refractivity contribution in [3.8, 4) is 17.2 Å². The van der Waals surface area contributed by atoms with Gasteiger partial charge in [0.25, 0.3) is 29.5 Å². The number of fused-ring (bicyclic) bond motifs is 3. The first-order chi connectivity index (χ1) is 56.7. The van der Waals surface area contributed by atoms with Gasteiger partial charge in [0, 0.05) is 125 Å². The Labute approximate surface area is 700 Å². The Hall–Kier alpha value is -13.3. The summed E-state index contributed by atoms with van der Waals surface area (Å²) in [5.74, 6) is -5.38. The summed E-state index contributed by atoms with van der Waals surface area (Å²) in [5, 5.41) is 20.9. The number of aromatic carboxylic acids is 1. The van der Waals surface area contributed by atoms with E-state index >= 15 is 0 Å². The molecule has 24 nitrogen and oxygen atoms in total. The molecular weight excluding hydrogens is 1520 g/mol. The summed E-state index contributed by atoms with van der Waals surface area (Å²) in [6.45, 7) is 2.89. The molecule has 0 unspecified atom stereocenters. The number of hydrogen-bond acceptors (Lipinski definition) is 15. The number of carbonyl (C=O) groups excluding carboxylic acids is 5. The van der Waals surface area contributed by atoms with Crippen LogP contribution in [0.4, 0.5) is 0 Å². The second kappa shape index (κ2) is 42.2. The van der Waals surface area contributed by atoms with Crippen molar-refractivity contribution in [2.24, 2.45) is 0 Å². The molecule has 120 heavy (non-hydrogen) atoms. The van der Waals surface area contributed by atoms with Crippen LogP contribution in [0, 0.1) is 0 Å². The zero-order valence-electron chi connectivity index (χ0n) is 66.3. The molecule has 8 aromatic carbocycles. The molecule has 3 aliphatic heterocycles. The number of hydrogen-bond donors (Lipinski definition) is 2. The standard InChI is InChI=1S/C34H35N3O5.C32H30N2O6.C27H29N3O5.3CH4/c1-35(2)33(39)27-21-37-28(29(25-15-9-5-10-16-25)26-17-11-6-12-18-26)22-36(19-20-41-3)34(40)30(37)32(31(27)38)42-23-24-13-7-4-8-14-24;1-39-18-17-33-20-26(27(23-13-7-3-8-14-23)24-15-9-4-10-16-24)34-19-25(32(37)38)29(35)30(28(34)31(33)36)40-21-22-11-5-2-6-12-22;1-28(2)26(33)20-16-30-21(17-29(14-15-35-3)27(34)23(30)25(32)24(20)31)22(18-10-6-4-7-11-18)19-12-8-5-9-13-19;;;/h4-18,21,28-29H,19-20,22-23H2,1-3H3;2-16,19,26-27H,17-18,20-21H2,1H3,(H,37,38);4-13,16,21-22,32H,14-15,17H2,1-3H3;3*1H4/t28-;26-;21-;;;/m111.../s1. The quantitative estimate of drug-likeness (QED) is 0.0484. The van der Waals surface area contributed by atoms with E-state index < -0.39 is 69.3 Å². The molecule has 6 heterocycles. The number of carboxylic acid groups (broad SMARTS) is 1. The number of aromatic hydroxyl groups is 1. The molecule has 0 radical (unpaired) electrons. The number of aromatic nitrogens is 3. The summed E-state index contributed by atoms with van der Waals surface area (Å²) in [4.78, 5) is 128. The van der Waals surface area contributed by atoms with Crippen molar-refractivity contribution >= 4 is 35.5 Å². The van der Waals surface area contributed by atoms with Crippen molar-refractivity contribution < 1.29 is 62.7 Å². The number of amides is 5. The fourth-order valence-corrected chi connectivity index (χ4v) is 15.4. The number of ether oxygens (including phenoxy) is 5. The molecule has 0 bridgehead atoms. The molecule has 2 N–H and O–H groups in total. The number of carboxylic acids is 1. The summed E-state index contributed by atoms with van der Waals surface area (Å²) >= 11 is 0. The molecule has 5 amide bonds. The van der Waals surface area contributed by atoms with Crippen LogP contribution in [-0.4, -0.2) is 193 Å². The summed E-state index contributed by atoms with van der Waals surface area (Å²) in [5.41, 5.74) is 4.81. The fraction of sp³-hybridized carbons (Fsp3) is 0.281. The van der Waals surface area contributed by atoms with Crippen LogP contribution in [0.1, 0.15) is 165 Å². The van der Waals surface area contributed by atoms with Crippen molar-refractivity contribution in [3.63, 3.8) is 0 Å². The molecule has 14 rings (SSSR count). The van der Waals surface area contributed by atoms with E-state index in [1.807, 2.05) is 218 Å². The van der Waals surface area contributed by atoms with E-state index in [1.165, 1.54) is 36.3 Å². The van der Waals surface area contributed by atoms with Gasteiger partial charge in [0.15, 0.2) is 34.3 Å². The van der Waals surface area contributed by atoms with Crippen LogP contribution in [0.3, 0.4) is 0 Å².